The fourth-order valence-corrected chi connectivity index (χ4v) is 8.23. The second kappa shape index (κ2) is 10.1. The third kappa shape index (κ3) is 4.98. The van der Waals surface area contributed by atoms with Crippen LogP contribution in [0.2, 0.25) is 0 Å². The number of H-pyrrole nitrogens is 1. The molecule has 204 valence electrons. The van der Waals surface area contributed by atoms with Gasteiger partial charge in [-0.15, -0.1) is 0 Å². The first-order valence-corrected chi connectivity index (χ1v) is 14.9. The second-order valence-corrected chi connectivity index (χ2v) is 13.6. The highest BCUT2D eigenvalue weighted by Gasteiger charge is 2.54. The topological polar surface area (TPSA) is 204 Å². The monoisotopic (exact) mass is 566 g/mol. The average Bonchev–Trinajstić information content (AvgIpc) is 3.54. The number of aromatic amines is 1. The van der Waals surface area contributed by atoms with Gasteiger partial charge < -0.3 is 29.9 Å². The van der Waals surface area contributed by atoms with Gasteiger partial charge in [-0.2, -0.15) is 4.98 Å². The van der Waals surface area contributed by atoms with E-state index in [1.54, 1.807) is 6.92 Å². The first-order valence-electron chi connectivity index (χ1n) is 11.7. The molecule has 0 aliphatic carbocycles. The summed E-state index contributed by atoms with van der Waals surface area (Å²) in [4.78, 5) is 35.1. The zero-order chi connectivity index (χ0) is 27.2. The molecule has 2 fully saturated rings. The number of anilines is 1. The standard InChI is InChI=1S/C22H27N6O8PS/c1-11(12-6-4-3-5-7-12)35-19(31)13-9-38-37(33,27-13)34-8-14-16(29)22(2,32)20(36-14)28-10-24-15-17(28)25-21(23)26-18(15)30/h3-7,10-11,13-14,16,20,29,32H,8-9H2,1-2H3,(H,27,33)(H3,23,25,26,30)/t11-,13-,14?,16-,20-,22-,37?/m1/s1. The van der Waals surface area contributed by atoms with Crippen LogP contribution in [0, 0.1) is 0 Å². The molecular weight excluding hydrogens is 539 g/mol. The van der Waals surface area contributed by atoms with Crippen molar-refractivity contribution in [2.24, 2.45) is 0 Å². The molecule has 2 aliphatic rings. The number of carbonyl (C=O) groups excluding carboxylic acids is 1. The predicted octanol–water partition coefficient (Wildman–Crippen LogP) is 0.845. The van der Waals surface area contributed by atoms with E-state index in [2.05, 4.69) is 20.0 Å². The summed E-state index contributed by atoms with van der Waals surface area (Å²) in [6.45, 7) is -0.825. The van der Waals surface area contributed by atoms with Crippen molar-refractivity contribution in [3.63, 3.8) is 0 Å². The molecule has 2 saturated heterocycles. The van der Waals surface area contributed by atoms with Gasteiger partial charge in [0, 0.05) is 5.75 Å². The second-order valence-electron chi connectivity index (χ2n) is 9.23. The fourth-order valence-electron chi connectivity index (χ4n) is 4.35. The lowest BCUT2D eigenvalue weighted by Crippen LogP contribution is -2.44. The predicted molar refractivity (Wildman–Crippen MR) is 137 cm³/mol. The molecule has 0 saturated carbocycles. The highest BCUT2D eigenvalue weighted by molar-refractivity contribution is 8.56. The Labute approximate surface area is 220 Å². The van der Waals surface area contributed by atoms with Crippen molar-refractivity contribution >= 4 is 41.2 Å². The Kier molecular flexibility index (Phi) is 7.11. The van der Waals surface area contributed by atoms with Crippen molar-refractivity contribution in [1.29, 1.82) is 0 Å². The average molecular weight is 567 g/mol. The number of fused-ring (bicyclic) bond motifs is 1. The van der Waals surface area contributed by atoms with Crippen LogP contribution in [0.1, 0.15) is 31.7 Å². The van der Waals surface area contributed by atoms with Crippen LogP contribution >= 0.6 is 18.1 Å². The number of nitrogen functional groups attached to an aromatic ring is 1. The minimum absolute atomic E-state index is 0.0247. The molecule has 3 aromatic rings. The molecule has 0 bridgehead atoms. The van der Waals surface area contributed by atoms with Crippen LogP contribution in [0.15, 0.2) is 41.5 Å². The van der Waals surface area contributed by atoms with Crippen molar-refractivity contribution in [2.45, 2.75) is 50.0 Å². The van der Waals surface area contributed by atoms with Crippen LogP contribution in [0.3, 0.4) is 0 Å². The maximum Gasteiger partial charge on any atom is 0.327 e. The number of hydrogen-bond acceptors (Lipinski definition) is 12. The van der Waals surface area contributed by atoms with E-state index in [0.717, 1.165) is 16.9 Å². The van der Waals surface area contributed by atoms with Crippen LogP contribution in [0.4, 0.5) is 5.95 Å². The SMILES string of the molecule is C[C@@H](OC(=O)[C@H]1CSP(=O)(OCC2O[C@@H](n3cnc4c(=O)[nH]c(N)nc43)[C@](C)(O)[C@@H]2O)N1)c1ccccc1. The number of imidazole rings is 1. The molecule has 0 amide bonds. The van der Waals surface area contributed by atoms with Crippen molar-refractivity contribution in [3.05, 3.63) is 52.6 Å². The molecule has 2 aromatic heterocycles. The van der Waals surface area contributed by atoms with Crippen molar-refractivity contribution < 1.29 is 33.6 Å². The number of nitrogens with two attached hydrogens (primary N) is 1. The molecular formula is C22H27N6O8PS. The number of benzene rings is 1. The number of aliphatic hydroxyl groups is 2. The lowest BCUT2D eigenvalue weighted by Gasteiger charge is -2.27. The molecule has 0 spiro atoms. The molecule has 14 nitrogen and oxygen atoms in total. The van der Waals surface area contributed by atoms with E-state index in [9.17, 15) is 24.4 Å². The van der Waals surface area contributed by atoms with Gasteiger partial charge >= 0.3 is 12.7 Å². The summed E-state index contributed by atoms with van der Waals surface area (Å²) in [6, 6.07) is 8.37. The van der Waals surface area contributed by atoms with Crippen LogP contribution in [-0.4, -0.2) is 71.9 Å². The number of aromatic nitrogens is 4. The normalized spacial score (nSPS) is 32.0. The molecule has 16 heteroatoms. The summed E-state index contributed by atoms with van der Waals surface area (Å²) < 4.78 is 31.5. The minimum atomic E-state index is -3.55. The Balaban J connectivity index is 1.23. The summed E-state index contributed by atoms with van der Waals surface area (Å²) >= 11 is 0.937. The van der Waals surface area contributed by atoms with Gasteiger partial charge in [-0.3, -0.25) is 23.7 Å². The molecule has 0 radical (unpaired) electrons. The number of rotatable bonds is 7. The third-order valence-electron chi connectivity index (χ3n) is 6.44. The molecule has 2 unspecified atom stereocenters. The molecule has 38 heavy (non-hydrogen) atoms. The quantitative estimate of drug-likeness (QED) is 0.199. The maximum atomic E-state index is 13.2. The summed E-state index contributed by atoms with van der Waals surface area (Å²) in [5.74, 6) is -0.561. The smallest absolute Gasteiger partial charge is 0.327 e. The highest BCUT2D eigenvalue weighted by atomic mass is 32.7. The zero-order valence-corrected chi connectivity index (χ0v) is 22.1. The van der Waals surface area contributed by atoms with Gasteiger partial charge in [0.2, 0.25) is 5.95 Å². The fraction of sp³-hybridized carbons (Fsp3) is 0.455. The first-order chi connectivity index (χ1) is 18.0. The lowest BCUT2D eigenvalue weighted by atomic mass is 9.96. The van der Waals surface area contributed by atoms with Crippen LogP contribution in [0.5, 0.6) is 0 Å². The number of hydrogen-bond donors (Lipinski definition) is 5. The highest BCUT2D eigenvalue weighted by Crippen LogP contribution is 2.61. The Morgan fingerprint density at radius 3 is 2.89 bits per heavy atom. The van der Waals surface area contributed by atoms with Gasteiger partial charge in [-0.25, -0.2) is 10.1 Å². The number of ether oxygens (including phenoxy) is 2. The van der Waals surface area contributed by atoms with Crippen LogP contribution in [0.25, 0.3) is 11.2 Å². The summed E-state index contributed by atoms with van der Waals surface area (Å²) in [7, 11) is 0. The van der Waals surface area contributed by atoms with Crippen LogP contribution < -0.4 is 16.4 Å². The number of nitrogens with zero attached hydrogens (tertiary/aromatic N) is 3. The number of nitrogens with one attached hydrogen (secondary N) is 2. The van der Waals surface area contributed by atoms with Gasteiger partial charge in [0.25, 0.3) is 5.56 Å². The van der Waals surface area contributed by atoms with Gasteiger partial charge in [-0.1, -0.05) is 41.7 Å². The molecule has 6 N–H and O–H groups in total. The Bertz CT molecular complexity index is 1450. The van der Waals surface area contributed by atoms with E-state index in [1.807, 2.05) is 30.3 Å². The lowest BCUT2D eigenvalue weighted by molar-refractivity contribution is -0.150. The summed E-state index contributed by atoms with van der Waals surface area (Å²) in [5, 5.41) is 24.5. The van der Waals surface area contributed by atoms with Crippen LogP contribution in [-0.2, 0) is 23.4 Å². The van der Waals surface area contributed by atoms with E-state index in [-0.39, 0.29) is 29.5 Å². The largest absolute Gasteiger partial charge is 0.457 e. The number of aliphatic hydroxyl groups excluding tert-OH is 1. The van der Waals surface area contributed by atoms with E-state index >= 15 is 0 Å². The minimum Gasteiger partial charge on any atom is -0.457 e. The maximum absolute atomic E-state index is 13.2. The zero-order valence-electron chi connectivity index (χ0n) is 20.4. The van der Waals surface area contributed by atoms with E-state index in [0.29, 0.717) is 0 Å². The first kappa shape index (κ1) is 26.8. The third-order valence-corrected chi connectivity index (χ3v) is 10.5. The summed E-state index contributed by atoms with van der Waals surface area (Å²) in [5.41, 5.74) is 4.07. The van der Waals surface area contributed by atoms with E-state index in [1.165, 1.54) is 17.8 Å². The van der Waals surface area contributed by atoms with Gasteiger partial charge in [-0.05, 0) is 19.4 Å². The molecule has 7 atom stereocenters. The molecule has 2 aliphatic heterocycles. The van der Waals surface area contributed by atoms with Gasteiger partial charge in [0.1, 0.15) is 30.0 Å². The van der Waals surface area contributed by atoms with E-state index in [4.69, 9.17) is 19.7 Å². The van der Waals surface area contributed by atoms with Gasteiger partial charge in [0.15, 0.2) is 17.4 Å². The van der Waals surface area contributed by atoms with Crippen molar-refractivity contribution in [2.75, 3.05) is 18.1 Å². The number of carbonyl (C=O) groups is 1. The molecule has 5 rings (SSSR count). The van der Waals surface area contributed by atoms with Crippen molar-refractivity contribution in [3.8, 4) is 0 Å². The Hall–Kier alpha value is -2.78. The van der Waals surface area contributed by atoms with Gasteiger partial charge in [0.05, 0.1) is 12.9 Å². The Morgan fingerprint density at radius 2 is 2.16 bits per heavy atom. The summed E-state index contributed by atoms with van der Waals surface area (Å²) in [6.07, 6.45) is -3.03. The number of esters is 1. The van der Waals surface area contributed by atoms with E-state index < -0.39 is 54.4 Å². The Morgan fingerprint density at radius 1 is 1.42 bits per heavy atom. The molecule has 1 aromatic carbocycles. The molecule has 4 heterocycles. The van der Waals surface area contributed by atoms with Crippen molar-refractivity contribution in [1.82, 2.24) is 24.6 Å².